The highest BCUT2D eigenvalue weighted by molar-refractivity contribution is 5.87. The summed E-state index contributed by atoms with van der Waals surface area (Å²) in [5.74, 6) is -1.71. The molecular formula is C16H22N4O4. The monoisotopic (exact) mass is 334 g/mol. The Bertz CT molecular complexity index is 863. The van der Waals surface area contributed by atoms with E-state index in [1.165, 1.54) is 0 Å². The lowest BCUT2D eigenvalue weighted by molar-refractivity contribution is -0.143. The molecule has 1 amide bonds. The van der Waals surface area contributed by atoms with Crippen LogP contribution in [0.25, 0.3) is 11.0 Å². The number of carboxylic acid groups (broad SMARTS) is 1. The van der Waals surface area contributed by atoms with Crippen LogP contribution >= 0.6 is 0 Å². The first-order valence-corrected chi connectivity index (χ1v) is 7.70. The number of carbonyl (C=O) groups excluding carboxylic acids is 1. The molecule has 0 saturated carbocycles. The van der Waals surface area contributed by atoms with Crippen LogP contribution in [0, 0.1) is 19.8 Å². The molecule has 0 unspecified atom stereocenters. The molecule has 0 aromatic carbocycles. The Morgan fingerprint density at radius 1 is 1.33 bits per heavy atom. The minimum Gasteiger partial charge on any atom is -0.480 e. The Morgan fingerprint density at radius 2 is 1.96 bits per heavy atom. The van der Waals surface area contributed by atoms with Crippen molar-refractivity contribution in [1.82, 2.24) is 20.1 Å². The number of aromatic amines is 1. The Balaban J connectivity index is 2.36. The van der Waals surface area contributed by atoms with Crippen LogP contribution in [0.2, 0.25) is 0 Å². The molecule has 8 heteroatoms. The van der Waals surface area contributed by atoms with Gasteiger partial charge in [-0.3, -0.25) is 19.4 Å². The second kappa shape index (κ2) is 6.46. The number of hydrogen-bond donors (Lipinski definition) is 3. The van der Waals surface area contributed by atoms with Gasteiger partial charge in [0, 0.05) is 12.7 Å². The number of carbonyl (C=O) groups is 2. The van der Waals surface area contributed by atoms with Crippen molar-refractivity contribution < 1.29 is 14.7 Å². The molecule has 3 N–H and O–H groups in total. The lowest BCUT2D eigenvalue weighted by Crippen LogP contribution is -2.45. The van der Waals surface area contributed by atoms with Crippen molar-refractivity contribution in [1.29, 1.82) is 0 Å². The maximum atomic E-state index is 12.3. The van der Waals surface area contributed by atoms with E-state index in [9.17, 15) is 19.5 Å². The van der Waals surface area contributed by atoms with E-state index in [0.29, 0.717) is 27.9 Å². The second-order valence-electron chi connectivity index (χ2n) is 6.30. The normalized spacial score (nSPS) is 12.6. The van der Waals surface area contributed by atoms with Crippen LogP contribution in [-0.2, 0) is 23.1 Å². The van der Waals surface area contributed by atoms with Crippen LogP contribution in [0.5, 0.6) is 0 Å². The number of fused-ring (bicyclic) bond motifs is 1. The van der Waals surface area contributed by atoms with E-state index in [-0.39, 0.29) is 17.9 Å². The zero-order valence-corrected chi connectivity index (χ0v) is 14.4. The summed E-state index contributed by atoms with van der Waals surface area (Å²) < 4.78 is 1.54. The summed E-state index contributed by atoms with van der Waals surface area (Å²) >= 11 is 0. The van der Waals surface area contributed by atoms with Gasteiger partial charge in [0.25, 0.3) is 5.56 Å². The van der Waals surface area contributed by atoms with Crippen molar-refractivity contribution in [3.63, 3.8) is 0 Å². The standard InChI is InChI=1S/C16H22N4O4/c1-7(2)13(16(23)24)18-11(21)6-10-8(3)12-14(17-9(10)4)20(5)19-15(12)22/h7,13H,6H2,1-5H3,(H,18,21)(H,19,22)(H,23,24)/t13-/m0/s1. The van der Waals surface area contributed by atoms with Crippen LogP contribution in [0.15, 0.2) is 4.79 Å². The quantitative estimate of drug-likeness (QED) is 0.742. The van der Waals surface area contributed by atoms with Gasteiger partial charge < -0.3 is 10.4 Å². The third-order valence-electron chi connectivity index (χ3n) is 4.16. The van der Waals surface area contributed by atoms with Gasteiger partial charge in [-0.25, -0.2) is 9.78 Å². The van der Waals surface area contributed by atoms with E-state index in [0.717, 1.165) is 0 Å². The first kappa shape index (κ1) is 17.7. The van der Waals surface area contributed by atoms with Gasteiger partial charge in [0.1, 0.15) is 6.04 Å². The van der Waals surface area contributed by atoms with Gasteiger partial charge in [0.05, 0.1) is 11.8 Å². The average molecular weight is 334 g/mol. The maximum absolute atomic E-state index is 12.3. The minimum absolute atomic E-state index is 0.0224. The molecule has 0 bridgehead atoms. The number of hydrogen-bond acceptors (Lipinski definition) is 4. The summed E-state index contributed by atoms with van der Waals surface area (Å²) in [7, 11) is 1.70. The largest absolute Gasteiger partial charge is 0.480 e. The number of aryl methyl sites for hydroxylation is 3. The van der Waals surface area contributed by atoms with Crippen molar-refractivity contribution in [2.45, 2.75) is 40.2 Å². The predicted octanol–water partition coefficient (Wildman–Crippen LogP) is 0.646. The highest BCUT2D eigenvalue weighted by Crippen LogP contribution is 2.20. The first-order valence-electron chi connectivity index (χ1n) is 7.70. The fourth-order valence-corrected chi connectivity index (χ4v) is 2.81. The Morgan fingerprint density at radius 3 is 2.50 bits per heavy atom. The number of pyridine rings is 1. The fraction of sp³-hybridized carbons (Fsp3) is 0.500. The lowest BCUT2D eigenvalue weighted by atomic mass is 10.00. The van der Waals surface area contributed by atoms with E-state index in [1.807, 2.05) is 0 Å². The number of nitrogens with zero attached hydrogens (tertiary/aromatic N) is 2. The van der Waals surface area contributed by atoms with Crippen LogP contribution in [0.4, 0.5) is 0 Å². The molecule has 0 aliphatic carbocycles. The summed E-state index contributed by atoms with van der Waals surface area (Å²) in [6.45, 7) is 7.00. The molecule has 0 fully saturated rings. The van der Waals surface area contributed by atoms with Crippen LogP contribution in [0.1, 0.15) is 30.7 Å². The topological polar surface area (TPSA) is 117 Å². The van der Waals surface area contributed by atoms with E-state index in [1.54, 1.807) is 39.4 Å². The average Bonchev–Trinajstić information content (AvgIpc) is 2.74. The molecule has 130 valence electrons. The molecule has 2 aromatic rings. The Hall–Kier alpha value is -2.64. The highest BCUT2D eigenvalue weighted by atomic mass is 16.4. The molecule has 24 heavy (non-hydrogen) atoms. The van der Waals surface area contributed by atoms with Gasteiger partial charge in [-0.15, -0.1) is 0 Å². The zero-order valence-electron chi connectivity index (χ0n) is 14.4. The number of carboxylic acids is 1. The Labute approximate surface area is 138 Å². The van der Waals surface area contributed by atoms with Crippen molar-refractivity contribution in [3.05, 3.63) is 27.2 Å². The molecule has 2 heterocycles. The van der Waals surface area contributed by atoms with E-state index in [4.69, 9.17) is 0 Å². The second-order valence-corrected chi connectivity index (χ2v) is 6.30. The number of H-pyrrole nitrogens is 1. The maximum Gasteiger partial charge on any atom is 0.326 e. The molecule has 0 saturated heterocycles. The summed E-state index contributed by atoms with van der Waals surface area (Å²) in [6, 6.07) is -0.949. The Kier molecular flexibility index (Phi) is 4.77. The van der Waals surface area contributed by atoms with Gasteiger partial charge in [0.15, 0.2) is 5.65 Å². The van der Waals surface area contributed by atoms with Crippen LogP contribution < -0.4 is 10.9 Å². The molecule has 0 aliphatic heterocycles. The summed E-state index contributed by atoms with van der Waals surface area (Å²) in [5, 5.41) is 14.8. The summed E-state index contributed by atoms with van der Waals surface area (Å²) in [5.41, 5.74) is 2.24. The SMILES string of the molecule is Cc1nc2c(c(C)c1CC(=O)N[C@H](C(=O)O)C(C)C)c(=O)[nH]n2C. The number of amides is 1. The summed E-state index contributed by atoms with van der Waals surface area (Å²) in [6.07, 6.45) is -0.0224. The number of aliphatic carboxylic acids is 1. The third-order valence-corrected chi connectivity index (χ3v) is 4.16. The van der Waals surface area contributed by atoms with Crippen molar-refractivity contribution in [2.75, 3.05) is 0 Å². The molecule has 1 atom stereocenters. The molecule has 0 spiro atoms. The van der Waals surface area contributed by atoms with Crippen LogP contribution in [-0.4, -0.2) is 37.8 Å². The van der Waals surface area contributed by atoms with Gasteiger partial charge >= 0.3 is 5.97 Å². The van der Waals surface area contributed by atoms with Gasteiger partial charge in [-0.05, 0) is 30.9 Å². The molecular weight excluding hydrogens is 312 g/mol. The smallest absolute Gasteiger partial charge is 0.326 e. The molecule has 2 rings (SSSR count). The molecule has 0 radical (unpaired) electrons. The molecule has 0 aliphatic rings. The highest BCUT2D eigenvalue weighted by Gasteiger charge is 2.24. The van der Waals surface area contributed by atoms with E-state index >= 15 is 0 Å². The predicted molar refractivity (Wildman–Crippen MR) is 88.9 cm³/mol. The van der Waals surface area contributed by atoms with Crippen LogP contribution in [0.3, 0.4) is 0 Å². The molecule has 8 nitrogen and oxygen atoms in total. The summed E-state index contributed by atoms with van der Waals surface area (Å²) in [4.78, 5) is 39.9. The number of rotatable bonds is 5. The fourth-order valence-electron chi connectivity index (χ4n) is 2.81. The zero-order chi connectivity index (χ0) is 18.2. The van der Waals surface area contributed by atoms with Crippen molar-refractivity contribution in [3.8, 4) is 0 Å². The van der Waals surface area contributed by atoms with Gasteiger partial charge in [-0.1, -0.05) is 13.8 Å². The minimum atomic E-state index is -1.07. The molecule has 2 aromatic heterocycles. The lowest BCUT2D eigenvalue weighted by Gasteiger charge is -2.18. The van der Waals surface area contributed by atoms with Crippen molar-refractivity contribution >= 4 is 22.9 Å². The van der Waals surface area contributed by atoms with Gasteiger partial charge in [-0.2, -0.15) is 0 Å². The number of aromatic nitrogens is 3. The van der Waals surface area contributed by atoms with E-state index in [2.05, 4.69) is 15.4 Å². The third kappa shape index (κ3) is 3.17. The first-order chi connectivity index (χ1) is 11.1. The number of nitrogens with one attached hydrogen (secondary N) is 2. The van der Waals surface area contributed by atoms with E-state index < -0.39 is 17.9 Å². The van der Waals surface area contributed by atoms with Gasteiger partial charge in [0.2, 0.25) is 5.91 Å². The van der Waals surface area contributed by atoms with Crippen molar-refractivity contribution in [2.24, 2.45) is 13.0 Å².